The maximum Gasteiger partial charge on any atom is 0.418 e. The normalized spacial score (nSPS) is 10.7. The van der Waals surface area contributed by atoms with Crippen LogP contribution < -0.4 is 0 Å². The van der Waals surface area contributed by atoms with Gasteiger partial charge < -0.3 is 4.74 Å². The first-order valence-electron chi connectivity index (χ1n) is 7.04. The first kappa shape index (κ1) is 14.8. The van der Waals surface area contributed by atoms with Gasteiger partial charge in [0.2, 0.25) is 0 Å². The summed E-state index contributed by atoms with van der Waals surface area (Å²) in [7, 11) is 0. The second-order valence-electron chi connectivity index (χ2n) is 5.13. The molecule has 0 unspecified atom stereocenters. The van der Waals surface area contributed by atoms with Crippen LogP contribution in [0.25, 0.3) is 10.9 Å². The summed E-state index contributed by atoms with van der Waals surface area (Å²) >= 11 is 0. The van der Waals surface area contributed by atoms with Crippen LogP contribution in [0.3, 0.4) is 0 Å². The van der Waals surface area contributed by atoms with Crippen LogP contribution in [0.1, 0.15) is 11.1 Å². The molecule has 1 heterocycles. The fourth-order valence-corrected chi connectivity index (χ4v) is 2.53. The Bertz CT molecular complexity index is 884. The van der Waals surface area contributed by atoms with Crippen molar-refractivity contribution in [3.8, 4) is 0 Å². The van der Waals surface area contributed by atoms with Gasteiger partial charge in [-0.2, -0.15) is 0 Å². The third-order valence-corrected chi connectivity index (χ3v) is 3.68. The third-order valence-electron chi connectivity index (χ3n) is 3.68. The van der Waals surface area contributed by atoms with Gasteiger partial charge in [0, 0.05) is 17.6 Å². The summed E-state index contributed by atoms with van der Waals surface area (Å²) in [6.07, 6.45) is 1.00. The number of nitro benzene ring substituents is 1. The van der Waals surface area contributed by atoms with Crippen molar-refractivity contribution in [3.05, 3.63) is 76.0 Å². The van der Waals surface area contributed by atoms with Gasteiger partial charge in [0.25, 0.3) is 5.69 Å². The lowest BCUT2D eigenvalue weighted by molar-refractivity contribution is -0.385. The number of carbonyl (C=O) groups excluding carboxylic acids is 1. The Hall–Kier alpha value is -3.15. The van der Waals surface area contributed by atoms with Gasteiger partial charge in [-0.05, 0) is 24.6 Å². The van der Waals surface area contributed by atoms with Crippen LogP contribution in [0.15, 0.2) is 54.7 Å². The van der Waals surface area contributed by atoms with Crippen molar-refractivity contribution >= 4 is 22.7 Å². The van der Waals surface area contributed by atoms with Crippen LogP contribution in [0.2, 0.25) is 0 Å². The molecule has 0 bridgehead atoms. The number of rotatable bonds is 3. The Morgan fingerprint density at radius 3 is 2.61 bits per heavy atom. The van der Waals surface area contributed by atoms with Crippen molar-refractivity contribution < 1.29 is 14.5 Å². The number of hydrogen-bond donors (Lipinski definition) is 0. The summed E-state index contributed by atoms with van der Waals surface area (Å²) in [4.78, 5) is 22.9. The molecule has 6 heteroatoms. The molecule has 0 aliphatic rings. The average Bonchev–Trinajstić information content (AvgIpc) is 2.98. The Labute approximate surface area is 132 Å². The van der Waals surface area contributed by atoms with E-state index in [-0.39, 0.29) is 12.3 Å². The quantitative estimate of drug-likeness (QED) is 0.540. The number of nitro groups is 1. The van der Waals surface area contributed by atoms with E-state index >= 15 is 0 Å². The van der Waals surface area contributed by atoms with Crippen LogP contribution in [0, 0.1) is 17.0 Å². The maximum absolute atomic E-state index is 12.3. The van der Waals surface area contributed by atoms with Gasteiger partial charge in [-0.1, -0.05) is 30.3 Å². The largest absolute Gasteiger partial charge is 0.444 e. The summed E-state index contributed by atoms with van der Waals surface area (Å²) in [5, 5.41) is 11.8. The molecular weight excluding hydrogens is 296 g/mol. The minimum absolute atomic E-state index is 0.0201. The fourth-order valence-electron chi connectivity index (χ4n) is 2.53. The van der Waals surface area contributed by atoms with Crippen LogP contribution in [-0.4, -0.2) is 15.6 Å². The predicted molar refractivity (Wildman–Crippen MR) is 85.4 cm³/mol. The van der Waals surface area contributed by atoms with Crippen molar-refractivity contribution in [3.63, 3.8) is 0 Å². The van der Waals surface area contributed by atoms with Crippen LogP contribution in [-0.2, 0) is 11.3 Å². The van der Waals surface area contributed by atoms with E-state index in [9.17, 15) is 14.9 Å². The highest BCUT2D eigenvalue weighted by Gasteiger charge is 2.19. The zero-order chi connectivity index (χ0) is 16.4. The Kier molecular flexibility index (Phi) is 3.80. The fraction of sp³-hybridized carbons (Fsp3) is 0.118. The van der Waals surface area contributed by atoms with E-state index in [4.69, 9.17) is 4.74 Å². The molecule has 0 N–H and O–H groups in total. The molecule has 0 aliphatic carbocycles. The first-order chi connectivity index (χ1) is 11.1. The summed E-state index contributed by atoms with van der Waals surface area (Å²) in [6.45, 7) is 1.77. The molecule has 116 valence electrons. The molecule has 0 atom stereocenters. The molecule has 0 saturated heterocycles. The molecule has 0 amide bonds. The minimum atomic E-state index is -0.563. The van der Waals surface area contributed by atoms with E-state index < -0.39 is 11.0 Å². The van der Waals surface area contributed by atoms with Gasteiger partial charge in [0.1, 0.15) is 6.61 Å². The number of aromatic nitrogens is 1. The van der Waals surface area contributed by atoms with Gasteiger partial charge in [0.05, 0.1) is 16.0 Å². The van der Waals surface area contributed by atoms with Gasteiger partial charge in [-0.15, -0.1) is 0 Å². The molecule has 0 fully saturated rings. The van der Waals surface area contributed by atoms with E-state index in [1.165, 1.54) is 10.6 Å². The van der Waals surface area contributed by atoms with Crippen molar-refractivity contribution in [2.45, 2.75) is 13.5 Å². The van der Waals surface area contributed by atoms with Crippen LogP contribution >= 0.6 is 0 Å². The van der Waals surface area contributed by atoms with E-state index in [1.54, 1.807) is 25.3 Å². The number of hydrogen-bond acceptors (Lipinski definition) is 4. The van der Waals surface area contributed by atoms with Crippen molar-refractivity contribution in [2.75, 3.05) is 0 Å². The monoisotopic (exact) mass is 310 g/mol. The lowest BCUT2D eigenvalue weighted by Crippen LogP contribution is -2.13. The Morgan fingerprint density at radius 2 is 1.91 bits per heavy atom. The molecule has 1 aromatic heterocycles. The van der Waals surface area contributed by atoms with Gasteiger partial charge in [-0.3, -0.25) is 14.7 Å². The molecule has 0 radical (unpaired) electrons. The molecule has 0 aliphatic heterocycles. The number of benzene rings is 2. The number of ether oxygens (including phenoxy) is 1. The molecule has 23 heavy (non-hydrogen) atoms. The van der Waals surface area contributed by atoms with Crippen LogP contribution in [0.4, 0.5) is 10.5 Å². The molecule has 6 nitrogen and oxygen atoms in total. The molecule has 3 aromatic rings. The number of fused-ring (bicyclic) bond motifs is 1. The van der Waals surface area contributed by atoms with E-state index in [1.807, 2.05) is 30.3 Å². The zero-order valence-electron chi connectivity index (χ0n) is 12.4. The third kappa shape index (κ3) is 2.78. The second-order valence-corrected chi connectivity index (χ2v) is 5.13. The van der Waals surface area contributed by atoms with E-state index in [0.717, 1.165) is 10.9 Å². The Balaban J connectivity index is 1.91. The van der Waals surface area contributed by atoms with Crippen LogP contribution in [0.5, 0.6) is 0 Å². The molecule has 0 saturated carbocycles. The summed E-state index contributed by atoms with van der Waals surface area (Å²) in [6, 6.07) is 14.1. The topological polar surface area (TPSA) is 74.4 Å². The highest BCUT2D eigenvalue weighted by molar-refractivity contribution is 5.93. The summed E-state index contributed by atoms with van der Waals surface area (Å²) in [5.74, 6) is 0. The smallest absolute Gasteiger partial charge is 0.418 e. The van der Waals surface area contributed by atoms with Crippen molar-refractivity contribution in [1.29, 1.82) is 0 Å². The number of carbonyl (C=O) groups is 1. The van der Waals surface area contributed by atoms with E-state index in [2.05, 4.69) is 0 Å². The Morgan fingerprint density at radius 1 is 1.17 bits per heavy atom. The van der Waals surface area contributed by atoms with Gasteiger partial charge >= 0.3 is 6.09 Å². The highest BCUT2D eigenvalue weighted by atomic mass is 16.6. The predicted octanol–water partition coefficient (Wildman–Crippen LogP) is 4.04. The molecule has 3 rings (SSSR count). The average molecular weight is 310 g/mol. The van der Waals surface area contributed by atoms with Gasteiger partial charge in [0.15, 0.2) is 0 Å². The molecule has 0 spiro atoms. The number of nitrogens with zero attached hydrogens (tertiary/aromatic N) is 2. The summed E-state index contributed by atoms with van der Waals surface area (Å²) < 4.78 is 6.60. The molecule has 2 aromatic carbocycles. The minimum Gasteiger partial charge on any atom is -0.444 e. The lowest BCUT2D eigenvalue weighted by Gasteiger charge is -2.08. The highest BCUT2D eigenvalue weighted by Crippen LogP contribution is 2.28. The SMILES string of the molecule is Cc1c([N+](=O)[O-])ccc2ccn(C(=O)OCc3ccccc3)c12. The van der Waals surface area contributed by atoms with E-state index in [0.29, 0.717) is 11.1 Å². The number of aryl methyl sites for hydroxylation is 1. The lowest BCUT2D eigenvalue weighted by atomic mass is 10.1. The molecular formula is C17H14N2O4. The standard InChI is InChI=1S/C17H14N2O4/c1-12-15(19(21)22)8-7-14-9-10-18(16(12)14)17(20)23-11-13-5-3-2-4-6-13/h2-10H,11H2,1H3. The summed E-state index contributed by atoms with van der Waals surface area (Å²) in [5.41, 5.74) is 1.79. The maximum atomic E-state index is 12.3. The first-order valence-corrected chi connectivity index (χ1v) is 7.04. The van der Waals surface area contributed by atoms with Gasteiger partial charge in [-0.25, -0.2) is 4.79 Å². The second kappa shape index (κ2) is 5.92. The zero-order valence-corrected chi connectivity index (χ0v) is 12.4. The van der Waals surface area contributed by atoms with Crippen molar-refractivity contribution in [1.82, 2.24) is 4.57 Å². The van der Waals surface area contributed by atoms with Crippen molar-refractivity contribution in [2.24, 2.45) is 0 Å².